The number of anilines is 1. The smallest absolute Gasteiger partial charge is 0.243 e. The van der Waals surface area contributed by atoms with Crippen LogP contribution in [0.1, 0.15) is 25.8 Å². The van der Waals surface area contributed by atoms with Crippen molar-refractivity contribution in [2.45, 2.75) is 32.7 Å². The van der Waals surface area contributed by atoms with E-state index in [1.807, 2.05) is 39.1 Å². The highest BCUT2D eigenvalue weighted by Crippen LogP contribution is 2.16. The predicted octanol–water partition coefficient (Wildman–Crippen LogP) is 1.61. The highest BCUT2D eigenvalue weighted by atomic mass is 16.3. The zero-order valence-electron chi connectivity index (χ0n) is 10.4. The Morgan fingerprint density at radius 3 is 2.94 bits per heavy atom. The summed E-state index contributed by atoms with van der Waals surface area (Å²) in [7, 11) is 0. The number of nitrogens with zero attached hydrogens (tertiary/aromatic N) is 3. The summed E-state index contributed by atoms with van der Waals surface area (Å²) >= 11 is 0. The summed E-state index contributed by atoms with van der Waals surface area (Å²) in [5.74, 6) is 0.550. The average molecular weight is 234 g/mol. The third-order valence-electron chi connectivity index (χ3n) is 3.04. The number of aliphatic hydroxyl groups excluding tert-OH is 1. The molecule has 2 rings (SSSR count). The molecule has 2 aromatic heterocycles. The lowest BCUT2D eigenvalue weighted by Gasteiger charge is -2.26. The van der Waals surface area contributed by atoms with Crippen LogP contribution in [-0.2, 0) is 0 Å². The molecule has 0 aliphatic carbocycles. The van der Waals surface area contributed by atoms with Crippen LogP contribution in [0.4, 0.5) is 5.95 Å². The molecule has 0 saturated heterocycles. The van der Waals surface area contributed by atoms with E-state index in [1.54, 1.807) is 4.52 Å². The van der Waals surface area contributed by atoms with E-state index in [-0.39, 0.29) is 12.1 Å². The molecule has 17 heavy (non-hydrogen) atoms. The molecular weight excluding hydrogens is 216 g/mol. The summed E-state index contributed by atoms with van der Waals surface area (Å²) in [6.07, 6.45) is 2.68. The minimum absolute atomic E-state index is 0.0537. The lowest BCUT2D eigenvalue weighted by Crippen LogP contribution is -2.38. The first-order valence-electron chi connectivity index (χ1n) is 5.78. The maximum absolute atomic E-state index is 9.34. The van der Waals surface area contributed by atoms with Gasteiger partial charge in [0.2, 0.25) is 5.95 Å². The molecule has 0 aliphatic rings. The van der Waals surface area contributed by atoms with Crippen LogP contribution < -0.4 is 5.32 Å². The summed E-state index contributed by atoms with van der Waals surface area (Å²) in [6.45, 7) is 6.04. The van der Waals surface area contributed by atoms with Gasteiger partial charge in [-0.1, -0.05) is 6.92 Å². The van der Waals surface area contributed by atoms with Crippen molar-refractivity contribution in [3.05, 3.63) is 23.9 Å². The Labute approximate surface area is 100 Å². The van der Waals surface area contributed by atoms with Gasteiger partial charge in [0.1, 0.15) is 0 Å². The van der Waals surface area contributed by atoms with Crippen LogP contribution in [0.3, 0.4) is 0 Å². The van der Waals surface area contributed by atoms with Crippen LogP contribution in [0.25, 0.3) is 5.65 Å². The summed E-state index contributed by atoms with van der Waals surface area (Å²) in [6, 6.07) is 3.96. The number of aryl methyl sites for hydroxylation is 1. The van der Waals surface area contributed by atoms with Crippen LogP contribution in [0.2, 0.25) is 0 Å². The van der Waals surface area contributed by atoms with Crippen molar-refractivity contribution in [1.29, 1.82) is 0 Å². The van der Waals surface area contributed by atoms with Gasteiger partial charge in [0, 0.05) is 6.20 Å². The van der Waals surface area contributed by atoms with Gasteiger partial charge in [-0.15, -0.1) is 5.10 Å². The Morgan fingerprint density at radius 2 is 2.29 bits per heavy atom. The topological polar surface area (TPSA) is 62.5 Å². The quantitative estimate of drug-likeness (QED) is 0.843. The van der Waals surface area contributed by atoms with Gasteiger partial charge in [0.25, 0.3) is 0 Å². The van der Waals surface area contributed by atoms with Crippen LogP contribution in [0.5, 0.6) is 0 Å². The number of nitrogens with one attached hydrogen (secondary N) is 1. The summed E-state index contributed by atoms with van der Waals surface area (Å²) < 4.78 is 1.72. The second kappa shape index (κ2) is 4.33. The predicted molar refractivity (Wildman–Crippen MR) is 67.1 cm³/mol. The maximum Gasteiger partial charge on any atom is 0.243 e. The van der Waals surface area contributed by atoms with Gasteiger partial charge in [0.15, 0.2) is 5.65 Å². The number of hydrogen-bond acceptors (Lipinski definition) is 4. The molecule has 5 heteroatoms. The highest BCUT2D eigenvalue weighted by Gasteiger charge is 2.22. The Hall–Kier alpha value is -1.62. The molecule has 0 saturated carbocycles. The van der Waals surface area contributed by atoms with Crippen molar-refractivity contribution >= 4 is 11.6 Å². The van der Waals surface area contributed by atoms with E-state index in [9.17, 15) is 5.11 Å². The van der Waals surface area contributed by atoms with Crippen LogP contribution >= 0.6 is 0 Å². The molecule has 0 aromatic carbocycles. The molecule has 2 N–H and O–H groups in total. The Balaban J connectivity index is 2.31. The van der Waals surface area contributed by atoms with Gasteiger partial charge in [0.05, 0.1) is 12.1 Å². The number of aliphatic hydroxyl groups is 1. The minimum Gasteiger partial charge on any atom is -0.394 e. The minimum atomic E-state index is -0.375. The molecule has 0 spiro atoms. The van der Waals surface area contributed by atoms with Gasteiger partial charge in [-0.25, -0.2) is 4.52 Å². The van der Waals surface area contributed by atoms with E-state index in [0.29, 0.717) is 5.95 Å². The number of fused-ring (bicyclic) bond motifs is 1. The van der Waals surface area contributed by atoms with Gasteiger partial charge in [-0.3, -0.25) is 0 Å². The molecule has 5 nitrogen and oxygen atoms in total. The second-order valence-corrected chi connectivity index (χ2v) is 4.64. The summed E-state index contributed by atoms with van der Waals surface area (Å²) in [5, 5.41) is 16.8. The summed E-state index contributed by atoms with van der Waals surface area (Å²) in [4.78, 5) is 4.38. The van der Waals surface area contributed by atoms with Gasteiger partial charge in [-0.05, 0) is 38.0 Å². The van der Waals surface area contributed by atoms with Crippen molar-refractivity contribution in [2.75, 3.05) is 11.9 Å². The molecule has 92 valence electrons. The van der Waals surface area contributed by atoms with E-state index >= 15 is 0 Å². The average Bonchev–Trinajstić information content (AvgIpc) is 2.70. The molecule has 2 heterocycles. The highest BCUT2D eigenvalue weighted by molar-refractivity contribution is 5.46. The maximum atomic E-state index is 9.34. The molecule has 0 amide bonds. The fourth-order valence-corrected chi connectivity index (χ4v) is 1.55. The molecule has 1 atom stereocenters. The summed E-state index contributed by atoms with van der Waals surface area (Å²) in [5.41, 5.74) is 1.58. The molecule has 0 fully saturated rings. The van der Waals surface area contributed by atoms with E-state index in [4.69, 9.17) is 0 Å². The third-order valence-corrected chi connectivity index (χ3v) is 3.04. The first kappa shape index (κ1) is 11.9. The Kier molecular flexibility index (Phi) is 3.02. The SMILES string of the molecule is CCC(C)(CO)Nc1nc2cc(C)ccn2n1. The van der Waals surface area contributed by atoms with Crippen LogP contribution in [0, 0.1) is 6.92 Å². The van der Waals surface area contributed by atoms with E-state index in [2.05, 4.69) is 15.4 Å². The monoisotopic (exact) mass is 234 g/mol. The zero-order valence-corrected chi connectivity index (χ0v) is 10.4. The number of aromatic nitrogens is 3. The lowest BCUT2D eigenvalue weighted by atomic mass is 10.0. The largest absolute Gasteiger partial charge is 0.394 e. The number of hydrogen-bond donors (Lipinski definition) is 2. The molecule has 0 bridgehead atoms. The molecule has 2 aromatic rings. The molecule has 1 unspecified atom stereocenters. The number of rotatable bonds is 4. The molecule has 0 radical (unpaired) electrons. The fourth-order valence-electron chi connectivity index (χ4n) is 1.55. The van der Waals surface area contributed by atoms with Crippen molar-refractivity contribution in [3.8, 4) is 0 Å². The van der Waals surface area contributed by atoms with Crippen molar-refractivity contribution < 1.29 is 5.11 Å². The van der Waals surface area contributed by atoms with Crippen molar-refractivity contribution in [2.24, 2.45) is 0 Å². The van der Waals surface area contributed by atoms with Crippen molar-refractivity contribution in [1.82, 2.24) is 14.6 Å². The van der Waals surface area contributed by atoms with Crippen LogP contribution in [-0.4, -0.2) is 31.9 Å². The number of pyridine rings is 1. The van der Waals surface area contributed by atoms with E-state index in [0.717, 1.165) is 17.6 Å². The standard InChI is InChI=1S/C12H18N4O/c1-4-12(3,8-17)14-11-13-10-7-9(2)5-6-16(10)15-11/h5-7,17H,4,8H2,1-3H3,(H,14,15). The Morgan fingerprint density at radius 1 is 1.53 bits per heavy atom. The lowest BCUT2D eigenvalue weighted by molar-refractivity contribution is 0.218. The third kappa shape index (κ3) is 2.39. The van der Waals surface area contributed by atoms with Gasteiger partial charge in [-0.2, -0.15) is 4.98 Å². The molecule has 0 aliphatic heterocycles. The van der Waals surface area contributed by atoms with Gasteiger partial charge < -0.3 is 10.4 Å². The zero-order chi connectivity index (χ0) is 12.5. The van der Waals surface area contributed by atoms with E-state index in [1.165, 1.54) is 0 Å². The van der Waals surface area contributed by atoms with E-state index < -0.39 is 0 Å². The normalized spacial score (nSPS) is 14.8. The Bertz CT molecular complexity index is 516. The van der Waals surface area contributed by atoms with Gasteiger partial charge >= 0.3 is 0 Å². The first-order chi connectivity index (χ1) is 8.06. The van der Waals surface area contributed by atoms with Crippen LogP contribution in [0.15, 0.2) is 18.3 Å². The molecular formula is C12H18N4O. The first-order valence-corrected chi connectivity index (χ1v) is 5.78. The van der Waals surface area contributed by atoms with Crippen molar-refractivity contribution in [3.63, 3.8) is 0 Å². The fraction of sp³-hybridized carbons (Fsp3) is 0.500. The second-order valence-electron chi connectivity index (χ2n) is 4.64.